The number of terminal acetylenes is 1. The Morgan fingerprint density at radius 3 is 2.95 bits per heavy atom. The second kappa shape index (κ2) is 4.87. The summed E-state index contributed by atoms with van der Waals surface area (Å²) in [5.74, 6) is 3.07. The molecule has 0 aliphatic carbocycles. The van der Waals surface area contributed by atoms with E-state index in [1.807, 2.05) is 24.3 Å². The van der Waals surface area contributed by atoms with Gasteiger partial charge in [-0.15, -0.1) is 6.42 Å². The molecular weight excluding hydrogens is 272 g/mol. The van der Waals surface area contributed by atoms with Crippen molar-refractivity contribution in [1.29, 1.82) is 0 Å². The summed E-state index contributed by atoms with van der Waals surface area (Å²) in [7, 11) is 0. The molecule has 0 spiro atoms. The lowest BCUT2D eigenvalue weighted by molar-refractivity contribution is 0.852. The number of halogens is 1. The zero-order valence-corrected chi connectivity index (χ0v) is 11.3. The van der Waals surface area contributed by atoms with E-state index in [2.05, 4.69) is 15.9 Å². The van der Waals surface area contributed by atoms with Gasteiger partial charge in [0.25, 0.3) is 0 Å². The fraction of sp³-hybridized carbons (Fsp3) is 0.0667. The topological polar surface area (TPSA) is 56.7 Å². The van der Waals surface area contributed by atoms with Crippen molar-refractivity contribution in [3.05, 3.63) is 41.8 Å². The first-order chi connectivity index (χ1) is 9.72. The van der Waals surface area contributed by atoms with Crippen molar-refractivity contribution < 1.29 is 0 Å². The molecule has 0 saturated heterocycles. The van der Waals surface area contributed by atoms with Gasteiger partial charge in [-0.3, -0.25) is 4.98 Å². The molecule has 0 bridgehead atoms. The van der Waals surface area contributed by atoms with Crippen LogP contribution in [0.4, 0.5) is 5.82 Å². The summed E-state index contributed by atoms with van der Waals surface area (Å²) in [6.07, 6.45) is 8.66. The van der Waals surface area contributed by atoms with E-state index >= 15 is 0 Å². The van der Waals surface area contributed by atoms with Crippen molar-refractivity contribution in [2.45, 2.75) is 6.54 Å². The van der Waals surface area contributed by atoms with Gasteiger partial charge in [0.1, 0.15) is 11.5 Å². The molecule has 3 rings (SSSR count). The summed E-state index contributed by atoms with van der Waals surface area (Å²) >= 11 is 6.19. The van der Waals surface area contributed by atoms with Gasteiger partial charge in [0, 0.05) is 17.1 Å². The van der Waals surface area contributed by atoms with Crippen LogP contribution in [0.5, 0.6) is 0 Å². The van der Waals surface area contributed by atoms with Crippen LogP contribution in [0.2, 0.25) is 5.02 Å². The van der Waals surface area contributed by atoms with Crippen LogP contribution >= 0.6 is 11.6 Å². The minimum Gasteiger partial charge on any atom is -0.383 e. The Labute approximate surface area is 121 Å². The van der Waals surface area contributed by atoms with E-state index in [-0.39, 0.29) is 0 Å². The third kappa shape index (κ3) is 1.89. The average molecular weight is 283 g/mol. The zero-order valence-electron chi connectivity index (χ0n) is 10.5. The molecule has 0 atom stereocenters. The van der Waals surface area contributed by atoms with Crippen LogP contribution in [-0.2, 0) is 6.54 Å². The summed E-state index contributed by atoms with van der Waals surface area (Å²) in [5.41, 5.74) is 8.38. The second-order valence-corrected chi connectivity index (χ2v) is 4.71. The lowest BCUT2D eigenvalue weighted by Crippen LogP contribution is -2.00. The number of hydrogen-bond donors (Lipinski definition) is 1. The molecule has 0 amide bonds. The minimum absolute atomic E-state index is 0.387. The van der Waals surface area contributed by atoms with E-state index in [4.69, 9.17) is 23.8 Å². The number of nitrogens with two attached hydrogens (primary N) is 1. The number of benzene rings is 1. The van der Waals surface area contributed by atoms with E-state index in [1.165, 1.54) is 0 Å². The van der Waals surface area contributed by atoms with E-state index < -0.39 is 0 Å². The number of pyridine rings is 1. The van der Waals surface area contributed by atoms with Gasteiger partial charge in [-0.05, 0) is 24.3 Å². The first-order valence-electron chi connectivity index (χ1n) is 6.00. The summed E-state index contributed by atoms with van der Waals surface area (Å²) in [6.45, 7) is 0.387. The van der Waals surface area contributed by atoms with Gasteiger partial charge in [0.2, 0.25) is 0 Å². The van der Waals surface area contributed by atoms with Crippen molar-refractivity contribution in [3.63, 3.8) is 0 Å². The first kappa shape index (κ1) is 12.5. The summed E-state index contributed by atoms with van der Waals surface area (Å²) in [4.78, 5) is 8.73. The van der Waals surface area contributed by atoms with Gasteiger partial charge >= 0.3 is 0 Å². The number of nitrogens with zero attached hydrogens (tertiary/aromatic N) is 3. The molecule has 2 heterocycles. The molecule has 3 aromatic rings. The first-order valence-corrected chi connectivity index (χ1v) is 6.38. The van der Waals surface area contributed by atoms with Gasteiger partial charge in [0.05, 0.1) is 23.4 Å². The number of nitrogen functional groups attached to an aromatic ring is 1. The highest BCUT2D eigenvalue weighted by molar-refractivity contribution is 6.35. The highest BCUT2D eigenvalue weighted by Gasteiger charge is 2.14. The number of hydrogen-bond acceptors (Lipinski definition) is 3. The molecule has 2 N–H and O–H groups in total. The van der Waals surface area contributed by atoms with Crippen LogP contribution in [0, 0.1) is 12.3 Å². The Kier molecular flexibility index (Phi) is 3.05. The number of imidazole rings is 1. The summed E-state index contributed by atoms with van der Waals surface area (Å²) in [6, 6.07) is 7.46. The highest BCUT2D eigenvalue weighted by Crippen LogP contribution is 2.33. The van der Waals surface area contributed by atoms with E-state index in [1.54, 1.807) is 17.1 Å². The Morgan fingerprint density at radius 2 is 2.15 bits per heavy atom. The summed E-state index contributed by atoms with van der Waals surface area (Å²) in [5, 5.41) is 1.52. The predicted octanol–water partition coefficient (Wildman–Crippen LogP) is 2.97. The molecule has 0 saturated carbocycles. The fourth-order valence-electron chi connectivity index (χ4n) is 2.15. The van der Waals surface area contributed by atoms with Gasteiger partial charge in [0.15, 0.2) is 0 Å². The molecule has 0 aliphatic heterocycles. The molecule has 5 heteroatoms. The molecule has 4 nitrogen and oxygen atoms in total. The maximum absolute atomic E-state index is 6.19. The smallest absolute Gasteiger partial charge is 0.132 e. The lowest BCUT2D eigenvalue weighted by atomic mass is 10.1. The third-order valence-corrected chi connectivity index (χ3v) is 3.44. The summed E-state index contributed by atoms with van der Waals surface area (Å²) < 4.78 is 1.72. The van der Waals surface area contributed by atoms with Crippen molar-refractivity contribution in [2.75, 3.05) is 5.73 Å². The molecule has 0 aliphatic rings. The van der Waals surface area contributed by atoms with Crippen LogP contribution in [0.25, 0.3) is 22.2 Å². The van der Waals surface area contributed by atoms with E-state index in [9.17, 15) is 0 Å². The van der Waals surface area contributed by atoms with E-state index in [0.717, 1.165) is 16.5 Å². The lowest BCUT2D eigenvalue weighted by Gasteiger charge is -2.06. The third-order valence-electron chi connectivity index (χ3n) is 3.11. The minimum atomic E-state index is 0.387. The molecule has 0 unspecified atom stereocenters. The number of fused-ring (bicyclic) bond motifs is 1. The van der Waals surface area contributed by atoms with Gasteiger partial charge in [-0.25, -0.2) is 4.98 Å². The molecule has 20 heavy (non-hydrogen) atoms. The van der Waals surface area contributed by atoms with E-state index in [0.29, 0.717) is 23.1 Å². The predicted molar refractivity (Wildman–Crippen MR) is 81.2 cm³/mol. The maximum Gasteiger partial charge on any atom is 0.132 e. The molecule has 98 valence electrons. The van der Waals surface area contributed by atoms with Crippen LogP contribution in [0.1, 0.15) is 0 Å². The monoisotopic (exact) mass is 282 g/mol. The number of anilines is 1. The van der Waals surface area contributed by atoms with Crippen LogP contribution in [-0.4, -0.2) is 14.5 Å². The molecule has 0 radical (unpaired) electrons. The van der Waals surface area contributed by atoms with Crippen LogP contribution in [0.15, 0.2) is 36.8 Å². The molecular formula is C15H11ClN4. The van der Waals surface area contributed by atoms with Gasteiger partial charge in [-0.1, -0.05) is 17.5 Å². The quantitative estimate of drug-likeness (QED) is 0.735. The molecule has 1 aromatic carbocycles. The Morgan fingerprint density at radius 1 is 1.30 bits per heavy atom. The van der Waals surface area contributed by atoms with Crippen LogP contribution < -0.4 is 5.73 Å². The Hall–Kier alpha value is -2.51. The SMILES string of the molecule is C#CCn1cnc(-c2ccc(Cl)c3cccnc23)c1N. The maximum atomic E-state index is 6.19. The normalized spacial score (nSPS) is 10.6. The number of aromatic nitrogens is 3. The zero-order chi connectivity index (χ0) is 14.1. The van der Waals surface area contributed by atoms with Crippen molar-refractivity contribution in [1.82, 2.24) is 14.5 Å². The Bertz CT molecular complexity index is 829. The van der Waals surface area contributed by atoms with Gasteiger partial charge < -0.3 is 10.3 Å². The average Bonchev–Trinajstić information content (AvgIpc) is 2.82. The van der Waals surface area contributed by atoms with Crippen molar-refractivity contribution in [3.8, 4) is 23.6 Å². The highest BCUT2D eigenvalue weighted by atomic mass is 35.5. The van der Waals surface area contributed by atoms with Crippen molar-refractivity contribution >= 4 is 28.3 Å². The van der Waals surface area contributed by atoms with Crippen LogP contribution in [0.3, 0.4) is 0 Å². The molecule has 2 aromatic heterocycles. The number of rotatable bonds is 2. The molecule has 0 fully saturated rings. The standard InChI is InChI=1S/C15H11ClN4/c1-2-8-20-9-19-14(15(20)17)11-5-6-12(16)10-4-3-7-18-13(10)11/h1,3-7,9H,8,17H2. The fourth-order valence-corrected chi connectivity index (χ4v) is 2.37. The van der Waals surface area contributed by atoms with Gasteiger partial charge in [-0.2, -0.15) is 0 Å². The second-order valence-electron chi connectivity index (χ2n) is 4.30. The largest absolute Gasteiger partial charge is 0.383 e. The van der Waals surface area contributed by atoms with Crippen molar-refractivity contribution in [2.24, 2.45) is 0 Å². The Balaban J connectivity index is 2.26.